The van der Waals surface area contributed by atoms with Gasteiger partial charge in [-0.3, -0.25) is 4.79 Å². The van der Waals surface area contributed by atoms with Gasteiger partial charge in [-0.1, -0.05) is 6.92 Å². The van der Waals surface area contributed by atoms with Crippen molar-refractivity contribution in [3.63, 3.8) is 0 Å². The maximum atomic E-state index is 13.0. The van der Waals surface area contributed by atoms with Crippen LogP contribution in [0.3, 0.4) is 0 Å². The molecule has 0 saturated heterocycles. The molecule has 2 N–H and O–H groups in total. The van der Waals surface area contributed by atoms with E-state index >= 15 is 0 Å². The van der Waals surface area contributed by atoms with Crippen molar-refractivity contribution in [1.29, 1.82) is 0 Å². The average Bonchev–Trinajstić information content (AvgIpc) is 2.44. The highest BCUT2D eigenvalue weighted by molar-refractivity contribution is 6.29. The normalized spacial score (nSPS) is 11.7. The Hall–Kier alpha value is -1.97. The second-order valence-corrected chi connectivity index (χ2v) is 4.48. The molecular weight excluding hydrogens is 351 g/mol. The molecule has 0 bridgehead atoms. The third-order valence-corrected chi connectivity index (χ3v) is 3.00. The van der Waals surface area contributed by atoms with E-state index in [9.17, 15) is 31.5 Å². The van der Waals surface area contributed by atoms with Crippen LogP contribution in [0.4, 0.5) is 27.6 Å². The molecule has 0 spiro atoms. The van der Waals surface area contributed by atoms with Crippen molar-refractivity contribution in [2.45, 2.75) is 25.9 Å². The van der Waals surface area contributed by atoms with Crippen molar-refractivity contribution in [1.82, 2.24) is 4.98 Å². The Balaban J connectivity index is 3.84. The molecule has 23 heavy (non-hydrogen) atoms. The van der Waals surface area contributed by atoms with Gasteiger partial charge in [0.1, 0.15) is 11.6 Å². The first kappa shape index (κ1) is 19.1. The van der Waals surface area contributed by atoms with Gasteiger partial charge in [0, 0.05) is 0 Å². The first-order valence-corrected chi connectivity index (χ1v) is 6.59. The van der Waals surface area contributed by atoms with Gasteiger partial charge in [0.05, 0.1) is 11.3 Å². The smallest absolute Gasteiger partial charge is 0.434 e. The van der Waals surface area contributed by atoms with E-state index in [1.165, 1.54) is 6.92 Å². The fourth-order valence-corrected chi connectivity index (χ4v) is 1.98. The lowest BCUT2D eigenvalue weighted by atomic mass is 9.99. The number of rotatable bonds is 5. The zero-order valence-electron chi connectivity index (χ0n) is 11.5. The zero-order valence-corrected chi connectivity index (χ0v) is 12.2. The van der Waals surface area contributed by atoms with Crippen molar-refractivity contribution in [3.8, 4) is 0 Å². The van der Waals surface area contributed by atoms with Gasteiger partial charge in [0.2, 0.25) is 5.91 Å². The minimum Gasteiger partial charge on any atom is -0.478 e. The van der Waals surface area contributed by atoms with Crippen molar-refractivity contribution < 1.29 is 36.6 Å². The van der Waals surface area contributed by atoms with Crippen LogP contribution in [0.15, 0.2) is 0 Å². The molecule has 1 aromatic rings. The molecule has 0 aliphatic heterocycles. The summed E-state index contributed by atoms with van der Waals surface area (Å²) in [4.78, 5) is 25.2. The lowest BCUT2D eigenvalue weighted by molar-refractivity contribution is -0.142. The molecule has 0 saturated carbocycles. The van der Waals surface area contributed by atoms with Crippen LogP contribution in [0.5, 0.6) is 0 Å². The van der Waals surface area contributed by atoms with E-state index in [0.717, 1.165) is 0 Å². The van der Waals surface area contributed by atoms with E-state index in [1.807, 2.05) is 5.32 Å². The van der Waals surface area contributed by atoms with Crippen LogP contribution in [-0.2, 0) is 17.4 Å². The third kappa shape index (κ3) is 4.06. The zero-order chi connectivity index (χ0) is 17.9. The van der Waals surface area contributed by atoms with Crippen LogP contribution in [0.1, 0.15) is 40.7 Å². The first-order chi connectivity index (χ1) is 10.5. The van der Waals surface area contributed by atoms with Crippen molar-refractivity contribution >= 4 is 29.2 Å². The molecule has 0 aliphatic rings. The quantitative estimate of drug-likeness (QED) is 0.622. The van der Waals surface area contributed by atoms with Gasteiger partial charge >= 0.3 is 12.1 Å². The molecule has 0 atom stereocenters. The third-order valence-electron chi connectivity index (χ3n) is 2.76. The van der Waals surface area contributed by atoms with Crippen LogP contribution in [0.25, 0.3) is 0 Å². The summed E-state index contributed by atoms with van der Waals surface area (Å²) in [6, 6.07) is 0. The Labute approximate surface area is 131 Å². The van der Waals surface area contributed by atoms with Crippen LogP contribution in [-0.4, -0.2) is 27.8 Å². The van der Waals surface area contributed by atoms with Gasteiger partial charge in [0.25, 0.3) is 6.43 Å². The number of amides is 1. The fourth-order valence-electron chi connectivity index (χ4n) is 1.91. The standard InChI is InChI=1S/C12H10ClF5N2O3/c1-2-4-6(11(22)23)9(12(16,17)18)20-8(10(14)15)7(4)19-5(21)3-13/h10H,2-3H2,1H3,(H,19,21)(H,22,23). The molecular formula is C12H10ClF5N2O3. The SMILES string of the molecule is CCc1c(NC(=O)CCl)c(C(F)F)nc(C(F)(F)F)c1C(=O)O. The molecule has 0 aliphatic carbocycles. The Morgan fingerprint density at radius 1 is 1.35 bits per heavy atom. The molecule has 11 heteroatoms. The fraction of sp³-hybridized carbons (Fsp3) is 0.417. The maximum Gasteiger partial charge on any atom is 0.434 e. The average molecular weight is 361 g/mol. The number of halogens is 6. The highest BCUT2D eigenvalue weighted by Crippen LogP contribution is 2.39. The number of anilines is 1. The number of carboxylic acids is 1. The van der Waals surface area contributed by atoms with Crippen LogP contribution >= 0.6 is 11.6 Å². The van der Waals surface area contributed by atoms with Crippen molar-refractivity contribution in [3.05, 3.63) is 22.5 Å². The summed E-state index contributed by atoms with van der Waals surface area (Å²) in [6.45, 7) is 1.26. The molecule has 0 unspecified atom stereocenters. The predicted octanol–water partition coefficient (Wildman–Crippen LogP) is 3.48. The summed E-state index contributed by atoms with van der Waals surface area (Å²) < 4.78 is 64.9. The summed E-state index contributed by atoms with van der Waals surface area (Å²) in [5, 5.41) is 10.9. The number of nitrogens with one attached hydrogen (secondary N) is 1. The molecule has 1 heterocycles. The van der Waals surface area contributed by atoms with Gasteiger partial charge in [-0.25, -0.2) is 18.6 Å². The number of hydrogen-bond acceptors (Lipinski definition) is 3. The summed E-state index contributed by atoms with van der Waals surface area (Å²) >= 11 is 5.22. The van der Waals surface area contributed by atoms with Gasteiger partial charge in [-0.05, 0) is 12.0 Å². The van der Waals surface area contributed by atoms with Crippen molar-refractivity contribution in [2.24, 2.45) is 0 Å². The van der Waals surface area contributed by atoms with E-state index in [4.69, 9.17) is 16.7 Å². The van der Waals surface area contributed by atoms with E-state index < -0.39 is 58.6 Å². The van der Waals surface area contributed by atoms with Gasteiger partial charge in [-0.15, -0.1) is 11.6 Å². The van der Waals surface area contributed by atoms with Crippen LogP contribution < -0.4 is 5.32 Å². The van der Waals surface area contributed by atoms with E-state index in [2.05, 4.69) is 4.98 Å². The van der Waals surface area contributed by atoms with Gasteiger partial charge in [0.15, 0.2) is 5.69 Å². The lowest BCUT2D eigenvalue weighted by Gasteiger charge is -2.20. The van der Waals surface area contributed by atoms with Gasteiger partial charge in [-0.2, -0.15) is 13.2 Å². The lowest BCUT2D eigenvalue weighted by Crippen LogP contribution is -2.24. The molecule has 0 fully saturated rings. The topological polar surface area (TPSA) is 79.3 Å². The first-order valence-electron chi connectivity index (χ1n) is 6.05. The number of carbonyl (C=O) groups excluding carboxylic acids is 1. The van der Waals surface area contributed by atoms with E-state index in [0.29, 0.717) is 0 Å². The molecule has 1 aromatic heterocycles. The highest BCUT2D eigenvalue weighted by Gasteiger charge is 2.41. The summed E-state index contributed by atoms with van der Waals surface area (Å²) in [5.41, 5.74) is -5.96. The largest absolute Gasteiger partial charge is 0.478 e. The number of aromatic carboxylic acids is 1. The molecule has 1 rings (SSSR count). The summed E-state index contributed by atoms with van der Waals surface area (Å²) in [6.07, 6.45) is -9.07. The molecule has 0 aromatic carbocycles. The molecule has 1 amide bonds. The van der Waals surface area contributed by atoms with Crippen molar-refractivity contribution in [2.75, 3.05) is 11.2 Å². The number of aromatic nitrogens is 1. The van der Waals surface area contributed by atoms with Gasteiger partial charge < -0.3 is 10.4 Å². The number of pyridine rings is 1. The second-order valence-electron chi connectivity index (χ2n) is 4.21. The van der Waals surface area contributed by atoms with E-state index in [-0.39, 0.29) is 6.42 Å². The Morgan fingerprint density at radius 2 is 1.91 bits per heavy atom. The monoisotopic (exact) mass is 360 g/mol. The number of nitrogens with zero attached hydrogens (tertiary/aromatic N) is 1. The number of hydrogen-bond donors (Lipinski definition) is 2. The Bertz CT molecular complexity index is 634. The van der Waals surface area contributed by atoms with Crippen LogP contribution in [0, 0.1) is 0 Å². The Kier molecular flexibility index (Phi) is 5.86. The minimum absolute atomic E-state index is 0.356. The van der Waals surface area contributed by atoms with Crippen LogP contribution in [0.2, 0.25) is 0 Å². The molecule has 128 valence electrons. The number of carbonyl (C=O) groups is 2. The maximum absolute atomic E-state index is 13.0. The molecule has 0 radical (unpaired) electrons. The summed E-state index contributed by atoms with van der Waals surface area (Å²) in [7, 11) is 0. The highest BCUT2D eigenvalue weighted by atomic mass is 35.5. The van der Waals surface area contributed by atoms with E-state index in [1.54, 1.807) is 0 Å². The molecule has 5 nitrogen and oxygen atoms in total. The summed E-state index contributed by atoms with van der Waals surface area (Å²) in [5.74, 6) is -3.64. The number of carboxylic acid groups (broad SMARTS) is 1. The second kappa shape index (κ2) is 7.07. The minimum atomic E-state index is -5.25. The predicted molar refractivity (Wildman–Crippen MR) is 69.9 cm³/mol. The Morgan fingerprint density at radius 3 is 2.26 bits per heavy atom. The number of alkyl halides is 6.